The third-order valence-electron chi connectivity index (χ3n) is 4.08. The Bertz CT molecular complexity index is 369. The normalized spacial score (nSPS) is 14.0. The Kier molecular flexibility index (Phi) is 11.1. The molecule has 1 atom stereocenters. The van der Waals surface area contributed by atoms with E-state index in [-0.39, 0.29) is 0 Å². The fourth-order valence-corrected chi connectivity index (χ4v) is 5.23. The van der Waals surface area contributed by atoms with Crippen molar-refractivity contribution in [1.82, 2.24) is 4.98 Å². The first kappa shape index (κ1) is 19.9. The van der Waals surface area contributed by atoms with Crippen LogP contribution in [0.15, 0.2) is 29.4 Å². The van der Waals surface area contributed by atoms with Crippen molar-refractivity contribution >= 4 is 21.6 Å². The minimum Gasteiger partial charge on any atom is -0.249 e. The third kappa shape index (κ3) is 9.09. The van der Waals surface area contributed by atoms with Crippen LogP contribution in [0, 0.1) is 0 Å². The Morgan fingerprint density at radius 1 is 0.909 bits per heavy atom. The van der Waals surface area contributed by atoms with E-state index in [1.165, 1.54) is 64.2 Å². The van der Waals surface area contributed by atoms with Gasteiger partial charge < -0.3 is 0 Å². The maximum absolute atomic E-state index is 4.44. The fraction of sp³-hybridized carbons (Fsp3) is 0.737. The molecule has 0 fully saturated rings. The topological polar surface area (TPSA) is 12.9 Å². The molecule has 3 heteroatoms. The van der Waals surface area contributed by atoms with Crippen molar-refractivity contribution in [3.05, 3.63) is 24.4 Å². The molecule has 0 aliphatic heterocycles. The summed E-state index contributed by atoms with van der Waals surface area (Å²) in [6.07, 6.45) is 15.5. The molecular weight excluding hydrogens is 306 g/mol. The molecule has 0 amide bonds. The molecule has 0 saturated carbocycles. The van der Waals surface area contributed by atoms with Crippen molar-refractivity contribution in [3.63, 3.8) is 0 Å². The van der Waals surface area contributed by atoms with Crippen LogP contribution in [0.4, 0.5) is 0 Å². The minimum atomic E-state index is 0.392. The van der Waals surface area contributed by atoms with Crippen molar-refractivity contribution < 1.29 is 0 Å². The van der Waals surface area contributed by atoms with Gasteiger partial charge in [0.2, 0.25) is 0 Å². The smallest absolute Gasteiger partial charge is 0.106 e. The zero-order valence-electron chi connectivity index (χ0n) is 14.6. The van der Waals surface area contributed by atoms with Crippen molar-refractivity contribution in [3.8, 4) is 0 Å². The summed E-state index contributed by atoms with van der Waals surface area (Å²) in [6, 6.07) is 6.18. The number of hydrogen-bond donors (Lipinski definition) is 0. The van der Waals surface area contributed by atoms with Gasteiger partial charge in [0.1, 0.15) is 5.03 Å². The summed E-state index contributed by atoms with van der Waals surface area (Å²) >= 11 is 0. The van der Waals surface area contributed by atoms with E-state index < -0.39 is 0 Å². The maximum atomic E-state index is 4.44. The molecule has 0 aliphatic rings. The molecule has 1 nitrogen and oxygen atoms in total. The lowest BCUT2D eigenvalue weighted by Gasteiger charge is -2.28. The number of rotatable bonds is 13. The summed E-state index contributed by atoms with van der Waals surface area (Å²) < 4.78 is 0.392. The first-order valence-corrected chi connectivity index (χ1v) is 11.1. The molecule has 1 aromatic heterocycles. The number of hydrogen-bond acceptors (Lipinski definition) is 3. The lowest BCUT2D eigenvalue weighted by atomic mass is 9.95. The van der Waals surface area contributed by atoms with Crippen molar-refractivity contribution in [1.29, 1.82) is 0 Å². The van der Waals surface area contributed by atoms with Gasteiger partial charge in [0, 0.05) is 10.9 Å². The lowest BCUT2D eigenvalue weighted by molar-refractivity contribution is 0.477. The Morgan fingerprint density at radius 2 is 1.55 bits per heavy atom. The molecule has 1 aromatic rings. The van der Waals surface area contributed by atoms with Crippen LogP contribution >= 0.6 is 21.6 Å². The van der Waals surface area contributed by atoms with Crippen molar-refractivity contribution in [2.24, 2.45) is 0 Å². The van der Waals surface area contributed by atoms with E-state index in [0.29, 0.717) is 4.75 Å². The number of unbranched alkanes of at least 4 members (excludes halogenated alkanes) is 6. The first-order chi connectivity index (χ1) is 10.7. The summed E-state index contributed by atoms with van der Waals surface area (Å²) in [6.45, 7) is 7.04. The number of pyridine rings is 1. The fourth-order valence-electron chi connectivity index (χ4n) is 2.60. The molecule has 1 unspecified atom stereocenters. The predicted octanol–water partition coefficient (Wildman–Crippen LogP) is 7.52. The highest BCUT2D eigenvalue weighted by Crippen LogP contribution is 2.45. The van der Waals surface area contributed by atoms with Gasteiger partial charge in [0.15, 0.2) is 0 Å². The number of aromatic nitrogens is 1. The van der Waals surface area contributed by atoms with E-state index in [2.05, 4.69) is 37.9 Å². The van der Waals surface area contributed by atoms with Crippen molar-refractivity contribution in [2.45, 2.75) is 94.8 Å². The van der Waals surface area contributed by atoms with E-state index in [4.69, 9.17) is 0 Å². The van der Waals surface area contributed by atoms with Gasteiger partial charge in [-0.1, -0.05) is 82.1 Å². The molecule has 22 heavy (non-hydrogen) atoms. The largest absolute Gasteiger partial charge is 0.249 e. The minimum absolute atomic E-state index is 0.392. The van der Waals surface area contributed by atoms with Gasteiger partial charge in [-0.15, -0.1) is 0 Å². The second-order valence-corrected chi connectivity index (χ2v) is 9.14. The average Bonchev–Trinajstić information content (AvgIpc) is 2.54. The predicted molar refractivity (Wildman–Crippen MR) is 104 cm³/mol. The van der Waals surface area contributed by atoms with Crippen LogP contribution < -0.4 is 0 Å². The zero-order chi connectivity index (χ0) is 16.1. The zero-order valence-corrected chi connectivity index (χ0v) is 16.3. The SMILES string of the molecule is CCCCCCCC(C)(CCCCC)SSc1ccccn1. The van der Waals surface area contributed by atoms with Crippen LogP contribution in [0.5, 0.6) is 0 Å². The third-order valence-corrected chi connectivity index (χ3v) is 7.36. The summed E-state index contributed by atoms with van der Waals surface area (Å²) in [4.78, 5) is 4.44. The lowest BCUT2D eigenvalue weighted by Crippen LogP contribution is -2.19. The summed E-state index contributed by atoms with van der Waals surface area (Å²) in [5, 5.41) is 1.14. The summed E-state index contributed by atoms with van der Waals surface area (Å²) in [5.74, 6) is 0. The second-order valence-electron chi connectivity index (χ2n) is 6.41. The van der Waals surface area contributed by atoms with E-state index in [1.54, 1.807) is 0 Å². The molecule has 0 saturated heterocycles. The van der Waals surface area contributed by atoms with Crippen LogP contribution in [-0.2, 0) is 0 Å². The molecule has 1 heterocycles. The van der Waals surface area contributed by atoms with E-state index >= 15 is 0 Å². The van der Waals surface area contributed by atoms with Gasteiger partial charge in [-0.2, -0.15) is 0 Å². The molecule has 0 spiro atoms. The molecule has 0 radical (unpaired) electrons. The highest BCUT2D eigenvalue weighted by Gasteiger charge is 2.25. The molecular formula is C19H33NS2. The van der Waals surface area contributed by atoms with Crippen LogP contribution in [0.25, 0.3) is 0 Å². The molecule has 126 valence electrons. The Labute approximate surface area is 145 Å². The van der Waals surface area contributed by atoms with Crippen LogP contribution in [0.2, 0.25) is 0 Å². The first-order valence-electron chi connectivity index (χ1n) is 8.97. The standard InChI is InChI=1S/C19H33NS2/c1-4-6-8-9-12-16-19(3,15-11-7-5-2)22-21-18-14-10-13-17-20-18/h10,13-14,17H,4-9,11-12,15-16H2,1-3H3. The molecule has 0 bridgehead atoms. The van der Waals surface area contributed by atoms with Gasteiger partial charge in [0.05, 0.1) is 0 Å². The molecule has 0 aromatic carbocycles. The van der Waals surface area contributed by atoms with Crippen LogP contribution in [0.1, 0.15) is 85.0 Å². The van der Waals surface area contributed by atoms with Gasteiger partial charge in [0.25, 0.3) is 0 Å². The monoisotopic (exact) mass is 339 g/mol. The molecule has 1 rings (SSSR count). The van der Waals surface area contributed by atoms with E-state index in [1.807, 2.05) is 33.9 Å². The molecule has 0 aliphatic carbocycles. The van der Waals surface area contributed by atoms with Gasteiger partial charge in [-0.25, -0.2) is 4.98 Å². The maximum Gasteiger partial charge on any atom is 0.106 e. The van der Waals surface area contributed by atoms with Crippen LogP contribution in [-0.4, -0.2) is 9.73 Å². The quantitative estimate of drug-likeness (QED) is 0.272. The highest BCUT2D eigenvalue weighted by atomic mass is 33.1. The summed E-state index contributed by atoms with van der Waals surface area (Å²) in [7, 11) is 3.90. The van der Waals surface area contributed by atoms with Gasteiger partial charge >= 0.3 is 0 Å². The Balaban J connectivity index is 2.42. The van der Waals surface area contributed by atoms with Gasteiger partial charge in [-0.05, 0) is 42.7 Å². The average molecular weight is 340 g/mol. The van der Waals surface area contributed by atoms with E-state index in [0.717, 1.165) is 5.03 Å². The Morgan fingerprint density at radius 3 is 2.18 bits per heavy atom. The van der Waals surface area contributed by atoms with E-state index in [9.17, 15) is 0 Å². The van der Waals surface area contributed by atoms with Crippen LogP contribution in [0.3, 0.4) is 0 Å². The van der Waals surface area contributed by atoms with Gasteiger partial charge in [-0.3, -0.25) is 0 Å². The molecule has 0 N–H and O–H groups in total. The second kappa shape index (κ2) is 12.3. The summed E-state index contributed by atoms with van der Waals surface area (Å²) in [5.41, 5.74) is 0. The van der Waals surface area contributed by atoms with Crippen molar-refractivity contribution in [2.75, 3.05) is 0 Å². The Hall–Kier alpha value is -0.150. The highest BCUT2D eigenvalue weighted by molar-refractivity contribution is 8.77. The number of nitrogens with zero attached hydrogens (tertiary/aromatic N) is 1.